The van der Waals surface area contributed by atoms with E-state index in [1.165, 1.54) is 16.4 Å². The maximum Gasteiger partial charge on any atom is 0.243 e. The smallest absolute Gasteiger partial charge is 0.243 e. The molecule has 7 nitrogen and oxygen atoms in total. The average molecular weight is 443 g/mol. The Hall–Kier alpha value is -3.04. The number of aryl methyl sites for hydroxylation is 1. The van der Waals surface area contributed by atoms with E-state index in [1.807, 2.05) is 19.1 Å². The molecule has 162 valence electrons. The third-order valence-electron chi connectivity index (χ3n) is 5.30. The van der Waals surface area contributed by atoms with Gasteiger partial charge in [0.1, 0.15) is 17.4 Å². The lowest BCUT2D eigenvalue weighted by molar-refractivity contribution is 0.390. The van der Waals surface area contributed by atoms with Gasteiger partial charge in [-0.3, -0.25) is 4.98 Å². The number of anilines is 2. The van der Waals surface area contributed by atoms with Crippen LogP contribution in [0.25, 0.3) is 0 Å². The number of halogens is 1. The highest BCUT2D eigenvalue weighted by Gasteiger charge is 2.37. The van der Waals surface area contributed by atoms with E-state index in [0.29, 0.717) is 35.9 Å². The molecular formula is C22H23FN4O3S. The Morgan fingerprint density at radius 1 is 1.13 bits per heavy atom. The van der Waals surface area contributed by atoms with Gasteiger partial charge in [-0.15, -0.1) is 0 Å². The molecule has 9 heteroatoms. The molecule has 1 atom stereocenters. The Kier molecular flexibility index (Phi) is 5.88. The number of nitrogens with one attached hydrogen (secondary N) is 1. The monoisotopic (exact) mass is 442 g/mol. The maximum absolute atomic E-state index is 13.3. The summed E-state index contributed by atoms with van der Waals surface area (Å²) >= 11 is 0. The second-order valence-electron chi connectivity index (χ2n) is 7.36. The number of sulfonamides is 1. The first-order valence-electron chi connectivity index (χ1n) is 9.89. The summed E-state index contributed by atoms with van der Waals surface area (Å²) in [5.74, 6) is 0.738. The Bertz CT molecular complexity index is 1170. The minimum absolute atomic E-state index is 0.248. The first kappa shape index (κ1) is 21.2. The molecule has 1 aliphatic rings. The molecule has 0 aliphatic carbocycles. The van der Waals surface area contributed by atoms with E-state index < -0.39 is 15.8 Å². The third kappa shape index (κ3) is 4.38. The van der Waals surface area contributed by atoms with Gasteiger partial charge in [-0.2, -0.15) is 4.31 Å². The normalized spacial score (nSPS) is 16.9. The zero-order chi connectivity index (χ0) is 22.0. The van der Waals surface area contributed by atoms with Crippen LogP contribution in [0.5, 0.6) is 5.75 Å². The van der Waals surface area contributed by atoms with E-state index >= 15 is 0 Å². The Balaban J connectivity index is 1.55. The number of hydrogen-bond acceptors (Lipinski definition) is 6. The van der Waals surface area contributed by atoms with E-state index in [-0.39, 0.29) is 10.9 Å². The molecule has 3 aromatic rings. The SMILES string of the molecule is COc1ccc(S(=O)(=O)N2CCCC2c2ccc(Nc3ccc(F)cn3)cn2)cc1C. The molecule has 0 saturated carbocycles. The fraction of sp³-hybridized carbons (Fsp3) is 0.273. The van der Waals surface area contributed by atoms with Crippen molar-refractivity contribution in [1.29, 1.82) is 0 Å². The summed E-state index contributed by atoms with van der Waals surface area (Å²) in [5.41, 5.74) is 2.13. The Labute approximate surface area is 181 Å². The predicted octanol–water partition coefficient (Wildman–Crippen LogP) is 4.20. The molecular weight excluding hydrogens is 419 g/mol. The van der Waals surface area contributed by atoms with Crippen LogP contribution in [-0.2, 0) is 10.0 Å². The lowest BCUT2D eigenvalue weighted by Gasteiger charge is -2.24. The molecule has 0 radical (unpaired) electrons. The summed E-state index contributed by atoms with van der Waals surface area (Å²) in [5, 5.41) is 3.05. The van der Waals surface area contributed by atoms with Crippen molar-refractivity contribution in [1.82, 2.24) is 14.3 Å². The summed E-state index contributed by atoms with van der Waals surface area (Å²) in [7, 11) is -2.11. The third-order valence-corrected chi connectivity index (χ3v) is 7.21. The summed E-state index contributed by atoms with van der Waals surface area (Å²) in [6.07, 6.45) is 4.22. The van der Waals surface area contributed by atoms with Gasteiger partial charge in [-0.05, 0) is 67.8 Å². The van der Waals surface area contributed by atoms with Gasteiger partial charge in [-0.1, -0.05) is 0 Å². The molecule has 1 aromatic carbocycles. The van der Waals surface area contributed by atoms with Gasteiger partial charge in [0.15, 0.2) is 0 Å². The molecule has 1 N–H and O–H groups in total. The standard InChI is InChI=1S/C22H23FN4O3S/c1-15-12-18(7-9-21(15)30-2)31(28,29)27-11-3-4-20(27)19-8-6-17(14-24-19)26-22-10-5-16(23)13-25-22/h5-10,12-14,20H,3-4,11H2,1-2H3,(H,25,26). The Morgan fingerprint density at radius 2 is 1.97 bits per heavy atom. The number of pyridine rings is 2. The fourth-order valence-corrected chi connectivity index (χ4v) is 5.50. The average Bonchev–Trinajstić information content (AvgIpc) is 3.27. The van der Waals surface area contributed by atoms with E-state index in [9.17, 15) is 12.8 Å². The van der Waals surface area contributed by atoms with Gasteiger partial charge in [0, 0.05) is 6.54 Å². The quantitative estimate of drug-likeness (QED) is 0.616. The minimum atomic E-state index is -3.67. The summed E-state index contributed by atoms with van der Waals surface area (Å²) in [6, 6.07) is 11.0. The summed E-state index contributed by atoms with van der Waals surface area (Å²) in [6.45, 7) is 2.27. The van der Waals surface area contributed by atoms with E-state index in [0.717, 1.165) is 18.2 Å². The van der Waals surface area contributed by atoms with Gasteiger partial charge < -0.3 is 10.1 Å². The van der Waals surface area contributed by atoms with Crippen LogP contribution in [0.15, 0.2) is 59.8 Å². The van der Waals surface area contributed by atoms with Crippen LogP contribution in [0.1, 0.15) is 30.1 Å². The van der Waals surface area contributed by atoms with Gasteiger partial charge in [0.25, 0.3) is 0 Å². The fourth-order valence-electron chi connectivity index (χ4n) is 3.74. The predicted molar refractivity (Wildman–Crippen MR) is 115 cm³/mol. The van der Waals surface area contributed by atoms with Crippen molar-refractivity contribution in [3.8, 4) is 5.75 Å². The lowest BCUT2D eigenvalue weighted by atomic mass is 10.1. The van der Waals surface area contributed by atoms with Crippen molar-refractivity contribution < 1.29 is 17.5 Å². The minimum Gasteiger partial charge on any atom is -0.496 e. The van der Waals surface area contributed by atoms with E-state index in [4.69, 9.17) is 4.74 Å². The number of benzene rings is 1. The topological polar surface area (TPSA) is 84.4 Å². The second kappa shape index (κ2) is 8.60. The summed E-state index contributed by atoms with van der Waals surface area (Å²) < 4.78 is 46.4. The van der Waals surface area contributed by atoms with Gasteiger partial charge in [0.05, 0.1) is 41.8 Å². The van der Waals surface area contributed by atoms with Gasteiger partial charge in [-0.25, -0.2) is 17.8 Å². The van der Waals surface area contributed by atoms with Crippen LogP contribution in [0.3, 0.4) is 0 Å². The molecule has 1 fully saturated rings. The molecule has 4 rings (SSSR count). The van der Waals surface area contributed by atoms with Crippen molar-refractivity contribution in [3.05, 3.63) is 71.9 Å². The summed E-state index contributed by atoms with van der Waals surface area (Å²) in [4.78, 5) is 8.70. The lowest BCUT2D eigenvalue weighted by Crippen LogP contribution is -2.31. The molecule has 0 bridgehead atoms. The number of hydrogen-bond donors (Lipinski definition) is 1. The maximum atomic E-state index is 13.3. The van der Waals surface area contributed by atoms with Crippen LogP contribution in [0.2, 0.25) is 0 Å². The molecule has 1 aliphatic heterocycles. The number of aromatic nitrogens is 2. The molecule has 2 aromatic heterocycles. The van der Waals surface area contributed by atoms with Gasteiger partial charge >= 0.3 is 0 Å². The van der Waals surface area contributed by atoms with Crippen molar-refractivity contribution in [2.24, 2.45) is 0 Å². The van der Waals surface area contributed by atoms with Crippen LogP contribution in [-0.4, -0.2) is 36.3 Å². The molecule has 31 heavy (non-hydrogen) atoms. The van der Waals surface area contributed by atoms with Crippen LogP contribution >= 0.6 is 0 Å². The highest BCUT2D eigenvalue weighted by molar-refractivity contribution is 7.89. The highest BCUT2D eigenvalue weighted by atomic mass is 32.2. The molecule has 1 saturated heterocycles. The largest absolute Gasteiger partial charge is 0.496 e. The molecule has 1 unspecified atom stereocenters. The van der Waals surface area contributed by atoms with Gasteiger partial charge in [0.2, 0.25) is 10.0 Å². The zero-order valence-electron chi connectivity index (χ0n) is 17.2. The first-order valence-corrected chi connectivity index (χ1v) is 11.3. The highest BCUT2D eigenvalue weighted by Crippen LogP contribution is 2.36. The van der Waals surface area contributed by atoms with Crippen molar-refractivity contribution in [2.75, 3.05) is 19.0 Å². The number of rotatable bonds is 6. The van der Waals surface area contributed by atoms with Crippen LogP contribution in [0, 0.1) is 12.7 Å². The molecule has 0 spiro atoms. The number of nitrogens with zero attached hydrogens (tertiary/aromatic N) is 3. The number of methoxy groups -OCH3 is 1. The second-order valence-corrected chi connectivity index (χ2v) is 9.25. The molecule has 3 heterocycles. The number of ether oxygens (including phenoxy) is 1. The van der Waals surface area contributed by atoms with E-state index in [1.54, 1.807) is 31.5 Å². The van der Waals surface area contributed by atoms with E-state index in [2.05, 4.69) is 15.3 Å². The zero-order valence-corrected chi connectivity index (χ0v) is 18.1. The van der Waals surface area contributed by atoms with Crippen LogP contribution in [0.4, 0.5) is 15.9 Å². The molecule has 0 amide bonds. The van der Waals surface area contributed by atoms with Crippen LogP contribution < -0.4 is 10.1 Å². The van der Waals surface area contributed by atoms with Crippen molar-refractivity contribution in [2.45, 2.75) is 30.7 Å². The van der Waals surface area contributed by atoms with Crippen molar-refractivity contribution >= 4 is 21.5 Å². The first-order chi connectivity index (χ1) is 14.9. The Morgan fingerprint density at radius 3 is 2.61 bits per heavy atom. The van der Waals surface area contributed by atoms with Crippen molar-refractivity contribution in [3.63, 3.8) is 0 Å².